The summed E-state index contributed by atoms with van der Waals surface area (Å²) in [6.07, 6.45) is 6.18. The predicted molar refractivity (Wildman–Crippen MR) is 171 cm³/mol. The topological polar surface area (TPSA) is 137 Å². The maximum absolute atomic E-state index is 12.1. The van der Waals surface area contributed by atoms with Gasteiger partial charge in [-0.25, -0.2) is 9.59 Å². The van der Waals surface area contributed by atoms with Crippen molar-refractivity contribution in [3.8, 4) is 0 Å². The lowest BCUT2D eigenvalue weighted by atomic mass is 9.98. The molecule has 1 atom stereocenters. The van der Waals surface area contributed by atoms with Crippen molar-refractivity contribution in [3.05, 3.63) is 66.0 Å². The third-order valence-corrected chi connectivity index (χ3v) is 7.16. The fourth-order valence-electron chi connectivity index (χ4n) is 5.10. The summed E-state index contributed by atoms with van der Waals surface area (Å²) >= 11 is 0. The van der Waals surface area contributed by atoms with Gasteiger partial charge in [0.05, 0.1) is 23.4 Å². The molecule has 2 aliphatic rings. The van der Waals surface area contributed by atoms with Crippen LogP contribution in [-0.2, 0) is 9.47 Å². The maximum atomic E-state index is 12.1. The molecule has 44 heavy (non-hydrogen) atoms. The Morgan fingerprint density at radius 3 is 2.02 bits per heavy atom. The first kappa shape index (κ1) is 32.5. The fraction of sp³-hybridized carbons (Fsp3) is 0.455. The lowest BCUT2D eigenvalue weighted by Crippen LogP contribution is -2.35. The van der Waals surface area contributed by atoms with E-state index in [2.05, 4.69) is 56.8 Å². The predicted octanol–water partition coefficient (Wildman–Crippen LogP) is 6.09. The van der Waals surface area contributed by atoms with E-state index in [1.165, 1.54) is 5.56 Å². The van der Waals surface area contributed by atoms with Crippen LogP contribution < -0.4 is 0 Å². The quantitative estimate of drug-likeness (QED) is 0.252. The van der Waals surface area contributed by atoms with E-state index in [0.717, 1.165) is 53.0 Å². The van der Waals surface area contributed by atoms with E-state index in [-0.39, 0.29) is 12.2 Å². The fourth-order valence-corrected chi connectivity index (χ4v) is 5.10. The lowest BCUT2D eigenvalue weighted by Gasteiger charge is -2.24. The molecule has 11 nitrogen and oxygen atoms in total. The molecule has 6 rings (SSSR count). The summed E-state index contributed by atoms with van der Waals surface area (Å²) in [5, 5.41) is 23.2. The second-order valence-electron chi connectivity index (χ2n) is 12.9. The number of ether oxygens (including phenoxy) is 2. The zero-order valence-electron chi connectivity index (χ0n) is 26.7. The first-order chi connectivity index (χ1) is 20.8. The van der Waals surface area contributed by atoms with Gasteiger partial charge in [-0.2, -0.15) is 10.2 Å². The monoisotopic (exact) mass is 604 g/mol. The zero-order valence-corrected chi connectivity index (χ0v) is 26.7. The van der Waals surface area contributed by atoms with Gasteiger partial charge < -0.3 is 24.4 Å². The number of carbonyl (C=O) groups excluding carboxylic acids is 2. The number of aliphatic hydroxyl groups is 1. The van der Waals surface area contributed by atoms with E-state index < -0.39 is 11.2 Å². The highest BCUT2D eigenvalue weighted by molar-refractivity contribution is 5.85. The van der Waals surface area contributed by atoms with Crippen LogP contribution in [0.15, 0.2) is 54.9 Å². The van der Waals surface area contributed by atoms with Gasteiger partial charge in [0.25, 0.3) is 0 Å². The van der Waals surface area contributed by atoms with Gasteiger partial charge in [-0.1, -0.05) is 30.3 Å². The normalized spacial score (nSPS) is 16.6. The third-order valence-electron chi connectivity index (χ3n) is 7.16. The summed E-state index contributed by atoms with van der Waals surface area (Å²) in [4.78, 5) is 27.7. The van der Waals surface area contributed by atoms with E-state index in [1.54, 1.807) is 16.0 Å². The average Bonchev–Trinajstić information content (AvgIpc) is 3.78. The number of aromatic nitrogens is 4. The molecular weight excluding hydrogens is 560 g/mol. The van der Waals surface area contributed by atoms with Crippen molar-refractivity contribution in [2.45, 2.75) is 65.1 Å². The molecule has 2 amide bonds. The largest absolute Gasteiger partial charge is 0.444 e. The maximum Gasteiger partial charge on any atom is 0.410 e. The van der Waals surface area contributed by atoms with Crippen LogP contribution in [0, 0.1) is 0 Å². The van der Waals surface area contributed by atoms with Crippen LogP contribution in [0.4, 0.5) is 9.59 Å². The van der Waals surface area contributed by atoms with E-state index >= 15 is 0 Å². The summed E-state index contributed by atoms with van der Waals surface area (Å²) in [6, 6.07) is 12.5. The minimum atomic E-state index is -0.464. The smallest absolute Gasteiger partial charge is 0.410 e. The number of rotatable bonds is 2. The number of nitrogens with zero attached hydrogens (tertiary/aromatic N) is 4. The molecule has 0 bridgehead atoms. The van der Waals surface area contributed by atoms with Crippen molar-refractivity contribution in [1.29, 1.82) is 0 Å². The van der Waals surface area contributed by atoms with Gasteiger partial charge in [-0.05, 0) is 76.8 Å². The van der Waals surface area contributed by atoms with Crippen molar-refractivity contribution >= 4 is 39.6 Å². The Morgan fingerprint density at radius 1 is 0.841 bits per heavy atom. The Bertz CT molecular complexity index is 1580. The number of hydrogen-bond donors (Lipinski definition) is 3. The average molecular weight is 605 g/mol. The lowest BCUT2D eigenvalue weighted by molar-refractivity contribution is 0.0287. The van der Waals surface area contributed by atoms with Crippen molar-refractivity contribution in [1.82, 2.24) is 30.2 Å². The van der Waals surface area contributed by atoms with Gasteiger partial charge in [0.2, 0.25) is 0 Å². The van der Waals surface area contributed by atoms with E-state index in [4.69, 9.17) is 14.6 Å². The van der Waals surface area contributed by atoms with Gasteiger partial charge in [0.1, 0.15) is 11.2 Å². The Morgan fingerprint density at radius 2 is 1.41 bits per heavy atom. The molecule has 0 radical (unpaired) electrons. The zero-order chi connectivity index (χ0) is 32.1. The molecule has 11 heteroatoms. The molecule has 1 fully saturated rings. The molecule has 2 aliphatic heterocycles. The number of benzene rings is 2. The molecule has 1 unspecified atom stereocenters. The molecule has 236 valence electrons. The summed E-state index contributed by atoms with van der Waals surface area (Å²) < 4.78 is 10.8. The van der Waals surface area contributed by atoms with Crippen LogP contribution in [0.25, 0.3) is 27.4 Å². The van der Waals surface area contributed by atoms with E-state index in [1.807, 2.05) is 53.8 Å². The summed E-state index contributed by atoms with van der Waals surface area (Å²) in [5.74, 6) is 0.366. The van der Waals surface area contributed by atoms with Crippen molar-refractivity contribution in [3.63, 3.8) is 0 Å². The summed E-state index contributed by atoms with van der Waals surface area (Å²) in [5.41, 5.74) is 4.64. The number of fused-ring (bicyclic) bond motifs is 2. The number of nitrogens with one attached hydrogen (secondary N) is 2. The first-order valence-electron chi connectivity index (χ1n) is 14.8. The molecule has 0 saturated carbocycles. The van der Waals surface area contributed by atoms with Crippen molar-refractivity contribution in [2.75, 3.05) is 33.3 Å². The minimum Gasteiger partial charge on any atom is -0.444 e. The van der Waals surface area contributed by atoms with E-state index in [9.17, 15) is 9.59 Å². The molecule has 0 spiro atoms. The second-order valence-corrected chi connectivity index (χ2v) is 12.9. The number of aromatic amines is 2. The molecule has 4 aromatic rings. The molecule has 0 aliphatic carbocycles. The molecule has 3 N–H and O–H groups in total. The van der Waals surface area contributed by atoms with Gasteiger partial charge in [-0.3, -0.25) is 10.2 Å². The molecule has 1 saturated heterocycles. The molecule has 4 heterocycles. The van der Waals surface area contributed by atoms with Crippen LogP contribution in [0.3, 0.4) is 0 Å². The molecule has 2 aromatic heterocycles. The van der Waals surface area contributed by atoms with E-state index in [0.29, 0.717) is 25.6 Å². The number of amides is 2. The van der Waals surface area contributed by atoms with Gasteiger partial charge in [-0.15, -0.1) is 0 Å². The number of H-pyrrole nitrogens is 2. The van der Waals surface area contributed by atoms with Crippen LogP contribution in [-0.4, -0.2) is 92.0 Å². The SMILES string of the molecule is CC(C)(C)OC(=O)N1CC=C(c2ccc3cn[nH]c3c2)C1.CC(C)(C)OC(=O)N1CCC(c2ccc3cn[nH]c3c2)C1.CO. The summed E-state index contributed by atoms with van der Waals surface area (Å²) in [7, 11) is 1.00. The van der Waals surface area contributed by atoms with Crippen molar-refractivity contribution in [2.24, 2.45) is 0 Å². The minimum absolute atomic E-state index is 0.215. The highest BCUT2D eigenvalue weighted by atomic mass is 16.6. The van der Waals surface area contributed by atoms with Crippen LogP contribution in [0.1, 0.15) is 65.0 Å². The van der Waals surface area contributed by atoms with Crippen LogP contribution in [0.2, 0.25) is 0 Å². The first-order valence-corrected chi connectivity index (χ1v) is 14.8. The Kier molecular flexibility index (Phi) is 9.98. The number of aliphatic hydroxyl groups excluding tert-OH is 1. The standard InChI is InChI=1S/C16H21N3O2.C16H19N3O2.CH4O/c2*1-16(2,3)21-15(20)19-7-6-13(10-19)11-4-5-12-9-17-18-14(12)8-11;1-2/h4-5,8-9,13H,6-7,10H2,1-3H3,(H,17,18);4-6,8-9H,7,10H2,1-3H3,(H,17,18);2H,1H3. The third kappa shape index (κ3) is 8.37. The number of hydrogen-bond acceptors (Lipinski definition) is 7. The Balaban J connectivity index is 0.000000190. The van der Waals surface area contributed by atoms with Crippen LogP contribution in [0.5, 0.6) is 0 Å². The van der Waals surface area contributed by atoms with Gasteiger partial charge in [0, 0.05) is 50.0 Å². The number of carbonyl (C=O) groups is 2. The highest BCUT2D eigenvalue weighted by Gasteiger charge is 2.30. The van der Waals surface area contributed by atoms with Crippen molar-refractivity contribution < 1.29 is 24.2 Å². The Labute approximate surface area is 258 Å². The van der Waals surface area contributed by atoms with Gasteiger partial charge >= 0.3 is 12.2 Å². The number of likely N-dealkylation sites (tertiary alicyclic amines) is 1. The van der Waals surface area contributed by atoms with Gasteiger partial charge in [0.15, 0.2) is 0 Å². The molecule has 2 aromatic carbocycles. The second kappa shape index (κ2) is 13.5. The Hall–Kier alpha value is -4.38. The highest BCUT2D eigenvalue weighted by Crippen LogP contribution is 2.30. The molecular formula is C33H44N6O5. The van der Waals surface area contributed by atoms with Crippen LogP contribution >= 0.6 is 0 Å². The summed E-state index contributed by atoms with van der Waals surface area (Å²) in [6.45, 7) is 13.9.